The van der Waals surface area contributed by atoms with E-state index in [9.17, 15) is 4.79 Å². The topological polar surface area (TPSA) is 38.3 Å². The lowest BCUT2D eigenvalue weighted by Crippen LogP contribution is -2.26. The molecule has 0 aliphatic rings. The van der Waals surface area contributed by atoms with E-state index in [1.807, 2.05) is 25.1 Å². The second-order valence-electron chi connectivity index (χ2n) is 5.42. The van der Waals surface area contributed by atoms with Gasteiger partial charge in [0.2, 0.25) is 0 Å². The van der Waals surface area contributed by atoms with Crippen LogP contribution in [-0.4, -0.2) is 19.1 Å². The van der Waals surface area contributed by atoms with Crippen LogP contribution in [0.1, 0.15) is 25.8 Å². The lowest BCUT2D eigenvalue weighted by atomic mass is 10.0. The molecule has 3 nitrogen and oxygen atoms in total. The smallest absolute Gasteiger partial charge is 0.319 e. The molecular formula is C20H23NO2. The Morgan fingerprint density at radius 1 is 1.22 bits per heavy atom. The Morgan fingerprint density at radius 3 is 2.78 bits per heavy atom. The lowest BCUT2D eigenvalue weighted by Gasteiger charge is -2.11. The van der Waals surface area contributed by atoms with Gasteiger partial charge in [0.15, 0.2) is 0 Å². The molecule has 0 radical (unpaired) electrons. The second kappa shape index (κ2) is 8.97. The van der Waals surface area contributed by atoms with Crippen molar-refractivity contribution in [3.63, 3.8) is 0 Å². The molecule has 2 aromatic carbocycles. The first-order valence-electron chi connectivity index (χ1n) is 7.99. The second-order valence-corrected chi connectivity index (χ2v) is 5.42. The van der Waals surface area contributed by atoms with E-state index >= 15 is 0 Å². The van der Waals surface area contributed by atoms with E-state index in [-0.39, 0.29) is 18.4 Å². The van der Waals surface area contributed by atoms with Crippen molar-refractivity contribution in [2.75, 3.05) is 13.2 Å². The first kappa shape index (κ1) is 17.1. The van der Waals surface area contributed by atoms with E-state index < -0.39 is 0 Å². The fraction of sp³-hybridized carbons (Fsp3) is 0.350. The molecule has 2 rings (SSSR count). The van der Waals surface area contributed by atoms with Crippen molar-refractivity contribution >= 4 is 16.7 Å². The fourth-order valence-corrected chi connectivity index (χ4v) is 2.46. The fourth-order valence-electron chi connectivity index (χ4n) is 2.46. The van der Waals surface area contributed by atoms with Gasteiger partial charge < -0.3 is 10.1 Å². The van der Waals surface area contributed by atoms with Gasteiger partial charge in [-0.25, -0.2) is 0 Å². The molecule has 0 fully saturated rings. The normalized spacial score (nSPS) is 11.6. The Labute approximate surface area is 138 Å². The van der Waals surface area contributed by atoms with Crippen molar-refractivity contribution in [1.82, 2.24) is 5.32 Å². The minimum absolute atomic E-state index is 0.127. The molecule has 1 atom stereocenters. The molecule has 0 aliphatic carbocycles. The largest absolute Gasteiger partial charge is 0.463 e. The third kappa shape index (κ3) is 5.12. The van der Waals surface area contributed by atoms with Crippen LogP contribution in [0.5, 0.6) is 0 Å². The van der Waals surface area contributed by atoms with Crippen molar-refractivity contribution in [1.29, 1.82) is 0 Å². The zero-order valence-electron chi connectivity index (χ0n) is 13.8. The van der Waals surface area contributed by atoms with E-state index in [1.54, 1.807) is 6.92 Å². The summed E-state index contributed by atoms with van der Waals surface area (Å²) in [5.74, 6) is 5.80. The highest BCUT2D eigenvalue weighted by atomic mass is 16.5. The van der Waals surface area contributed by atoms with Crippen molar-refractivity contribution in [2.24, 2.45) is 5.92 Å². The predicted octanol–water partition coefficient (Wildman–Crippen LogP) is 3.52. The number of rotatable bonds is 7. The van der Waals surface area contributed by atoms with Gasteiger partial charge in [-0.3, -0.25) is 4.79 Å². The maximum atomic E-state index is 11.8. The van der Waals surface area contributed by atoms with Crippen molar-refractivity contribution in [2.45, 2.75) is 26.8 Å². The van der Waals surface area contributed by atoms with Gasteiger partial charge in [-0.1, -0.05) is 55.3 Å². The van der Waals surface area contributed by atoms with Gasteiger partial charge in [0, 0.05) is 6.54 Å². The zero-order valence-corrected chi connectivity index (χ0v) is 13.8. The van der Waals surface area contributed by atoms with Gasteiger partial charge in [0.1, 0.15) is 6.61 Å². The van der Waals surface area contributed by atoms with Gasteiger partial charge >= 0.3 is 5.97 Å². The van der Waals surface area contributed by atoms with E-state index in [2.05, 4.69) is 41.4 Å². The van der Waals surface area contributed by atoms with Gasteiger partial charge in [-0.05, 0) is 29.7 Å². The summed E-state index contributed by atoms with van der Waals surface area (Å²) in [4.78, 5) is 11.8. The molecule has 0 saturated heterocycles. The first-order valence-corrected chi connectivity index (χ1v) is 7.99. The van der Waals surface area contributed by atoms with Crippen molar-refractivity contribution in [3.8, 4) is 11.8 Å². The highest BCUT2D eigenvalue weighted by Gasteiger charge is 2.08. The molecular weight excluding hydrogens is 286 g/mol. The van der Waals surface area contributed by atoms with Gasteiger partial charge in [-0.2, -0.15) is 0 Å². The number of carbonyl (C=O) groups excluding carboxylic acids is 1. The molecule has 0 aliphatic heterocycles. The van der Waals surface area contributed by atoms with Crippen LogP contribution in [0.15, 0.2) is 42.5 Å². The van der Waals surface area contributed by atoms with E-state index in [1.165, 1.54) is 16.3 Å². The first-order chi connectivity index (χ1) is 11.2. The number of hydrogen-bond donors (Lipinski definition) is 1. The molecule has 1 unspecified atom stereocenters. The molecule has 0 aromatic heterocycles. The Kier molecular flexibility index (Phi) is 6.65. The number of nitrogens with one attached hydrogen (secondary N) is 1. The minimum atomic E-state index is -0.235. The predicted molar refractivity (Wildman–Crippen MR) is 93.8 cm³/mol. The molecule has 23 heavy (non-hydrogen) atoms. The monoisotopic (exact) mass is 309 g/mol. The maximum absolute atomic E-state index is 11.8. The van der Waals surface area contributed by atoms with Gasteiger partial charge in [0.25, 0.3) is 0 Å². The number of carbonyl (C=O) groups is 1. The van der Waals surface area contributed by atoms with Crippen LogP contribution in [0.4, 0.5) is 0 Å². The lowest BCUT2D eigenvalue weighted by molar-refractivity contribution is -0.143. The number of fused-ring (bicyclic) bond motifs is 1. The summed E-state index contributed by atoms with van der Waals surface area (Å²) < 4.78 is 5.27. The molecule has 0 amide bonds. The van der Waals surface area contributed by atoms with Crippen LogP contribution in [0, 0.1) is 17.8 Å². The summed E-state index contributed by atoms with van der Waals surface area (Å²) in [6.45, 7) is 5.06. The molecule has 0 saturated carbocycles. The summed E-state index contributed by atoms with van der Waals surface area (Å²) in [5, 5.41) is 5.57. The van der Waals surface area contributed by atoms with E-state index in [0.29, 0.717) is 13.2 Å². The molecule has 3 heteroatoms. The highest BCUT2D eigenvalue weighted by Crippen LogP contribution is 2.18. The summed E-state index contributed by atoms with van der Waals surface area (Å²) in [5.41, 5.74) is 1.18. The summed E-state index contributed by atoms with van der Waals surface area (Å²) in [6.07, 6.45) is 0.886. The molecule has 0 heterocycles. The van der Waals surface area contributed by atoms with Crippen LogP contribution in [-0.2, 0) is 16.1 Å². The van der Waals surface area contributed by atoms with Crippen LogP contribution in [0.3, 0.4) is 0 Å². The SMILES string of the molecule is CC#CC(CC)COC(=O)CNCc1cccc2ccccc12. The van der Waals surface area contributed by atoms with E-state index in [0.717, 1.165) is 6.42 Å². The van der Waals surface area contributed by atoms with Crippen molar-refractivity contribution < 1.29 is 9.53 Å². The van der Waals surface area contributed by atoms with Crippen LogP contribution in [0.25, 0.3) is 10.8 Å². The zero-order chi connectivity index (χ0) is 16.5. The molecule has 2 aromatic rings. The maximum Gasteiger partial charge on any atom is 0.319 e. The number of hydrogen-bond acceptors (Lipinski definition) is 3. The quantitative estimate of drug-likeness (QED) is 0.628. The summed E-state index contributed by atoms with van der Waals surface area (Å²) in [6, 6.07) is 14.4. The Bertz CT molecular complexity index is 707. The van der Waals surface area contributed by atoms with Crippen LogP contribution >= 0.6 is 0 Å². The van der Waals surface area contributed by atoms with Crippen LogP contribution in [0.2, 0.25) is 0 Å². The summed E-state index contributed by atoms with van der Waals surface area (Å²) >= 11 is 0. The number of esters is 1. The van der Waals surface area contributed by atoms with E-state index in [4.69, 9.17) is 4.74 Å². The minimum Gasteiger partial charge on any atom is -0.463 e. The Hall–Kier alpha value is -2.31. The number of benzene rings is 2. The highest BCUT2D eigenvalue weighted by molar-refractivity contribution is 5.85. The van der Waals surface area contributed by atoms with Gasteiger partial charge in [0.05, 0.1) is 12.5 Å². The Balaban J connectivity index is 1.82. The molecule has 0 bridgehead atoms. The van der Waals surface area contributed by atoms with Gasteiger partial charge in [-0.15, -0.1) is 5.92 Å². The summed E-state index contributed by atoms with van der Waals surface area (Å²) in [7, 11) is 0. The molecule has 0 spiro atoms. The average Bonchev–Trinajstić information content (AvgIpc) is 2.59. The van der Waals surface area contributed by atoms with Crippen LogP contribution < -0.4 is 5.32 Å². The number of ether oxygens (including phenoxy) is 1. The third-order valence-electron chi connectivity index (χ3n) is 3.75. The average molecular weight is 309 g/mol. The van der Waals surface area contributed by atoms with Crippen molar-refractivity contribution in [3.05, 3.63) is 48.0 Å². The standard InChI is InChI=1S/C20H23NO2/c1-3-8-16(4-2)15-23-20(22)14-21-13-18-11-7-10-17-9-5-6-12-19(17)18/h5-7,9-12,16,21H,4,13-15H2,1-2H3. The molecule has 120 valence electrons. The molecule has 1 N–H and O–H groups in total. The Morgan fingerprint density at radius 2 is 2.00 bits per heavy atom. The third-order valence-corrected chi connectivity index (χ3v) is 3.75.